The first-order chi connectivity index (χ1) is 14.6. The Morgan fingerprint density at radius 1 is 1.10 bits per heavy atom. The zero-order valence-corrected chi connectivity index (χ0v) is 18.6. The number of esters is 1. The van der Waals surface area contributed by atoms with Crippen LogP contribution >= 0.6 is 11.6 Å². The van der Waals surface area contributed by atoms with E-state index in [9.17, 15) is 18.0 Å². The molecule has 0 aliphatic heterocycles. The Morgan fingerprint density at radius 2 is 1.81 bits per heavy atom. The second-order valence-electron chi connectivity index (χ2n) is 6.98. The van der Waals surface area contributed by atoms with Crippen LogP contribution in [-0.2, 0) is 15.6 Å². The molecule has 0 aliphatic rings. The molecule has 0 radical (unpaired) electrons. The molecule has 0 fully saturated rings. The largest absolute Gasteiger partial charge is 0.421 e. The number of hydrogen-bond donors (Lipinski definition) is 0. The Hall–Kier alpha value is -3.10. The molecule has 0 aliphatic carbocycles. The summed E-state index contributed by atoms with van der Waals surface area (Å²) in [4.78, 5) is 32.2. The highest BCUT2D eigenvalue weighted by Crippen LogP contribution is 2.24. The van der Waals surface area contributed by atoms with Crippen molar-refractivity contribution < 1.29 is 22.7 Å². The zero-order chi connectivity index (χ0) is 22.8. The Kier molecular flexibility index (Phi) is 6.52. The number of Topliss-reactive ketones (excluding diaryl/α,β-unsaturated/α-hetero) is 1. The second kappa shape index (κ2) is 8.95. The van der Waals surface area contributed by atoms with Crippen LogP contribution in [0.25, 0.3) is 0 Å². The third kappa shape index (κ3) is 5.15. The highest BCUT2D eigenvalue weighted by Gasteiger charge is 2.25. The quantitative estimate of drug-likeness (QED) is 0.236. The lowest BCUT2D eigenvalue weighted by Crippen LogP contribution is -2.17. The summed E-state index contributed by atoms with van der Waals surface area (Å²) in [5, 5.41) is -0.708. The fourth-order valence-electron chi connectivity index (χ4n) is 2.84. The zero-order valence-electron chi connectivity index (χ0n) is 17.0. The van der Waals surface area contributed by atoms with Crippen LogP contribution in [0.1, 0.15) is 44.5 Å². The van der Waals surface area contributed by atoms with Crippen LogP contribution in [0.4, 0.5) is 0 Å². The van der Waals surface area contributed by atoms with Crippen LogP contribution in [0.15, 0.2) is 53.8 Å². The summed E-state index contributed by atoms with van der Waals surface area (Å²) in [6, 6.07) is 11.8. The minimum atomic E-state index is -3.95. The van der Waals surface area contributed by atoms with Gasteiger partial charge in [0, 0.05) is 0 Å². The maximum atomic E-state index is 12.8. The van der Waals surface area contributed by atoms with Crippen molar-refractivity contribution in [3.63, 3.8) is 0 Å². The van der Waals surface area contributed by atoms with E-state index in [0.29, 0.717) is 5.56 Å². The number of rotatable bonds is 6. The number of hydrogen-bond acceptors (Lipinski definition) is 7. The van der Waals surface area contributed by atoms with Crippen molar-refractivity contribution in [1.29, 1.82) is 0 Å². The number of sulfone groups is 1. The van der Waals surface area contributed by atoms with Crippen molar-refractivity contribution in [2.75, 3.05) is 0 Å². The molecule has 2 aromatic carbocycles. The van der Waals surface area contributed by atoms with Crippen molar-refractivity contribution in [2.45, 2.75) is 31.7 Å². The SMILES string of the molecule is CC(=O)c1ccc(C)cc1OC(=O)c1nc(S(=O)(=O)Cc2ccccc2C)ncc1Cl. The van der Waals surface area contributed by atoms with Gasteiger partial charge in [0.05, 0.1) is 22.5 Å². The fraction of sp³-hybridized carbons (Fsp3) is 0.182. The van der Waals surface area contributed by atoms with Crippen LogP contribution in [0, 0.1) is 13.8 Å². The Morgan fingerprint density at radius 3 is 2.48 bits per heavy atom. The summed E-state index contributed by atoms with van der Waals surface area (Å²) in [5.41, 5.74) is 1.96. The molecule has 0 spiro atoms. The molecule has 3 rings (SSSR count). The second-order valence-corrected chi connectivity index (χ2v) is 9.27. The van der Waals surface area contributed by atoms with E-state index < -0.39 is 26.7 Å². The number of halogens is 1. The molecule has 0 atom stereocenters. The van der Waals surface area contributed by atoms with E-state index in [1.807, 2.05) is 0 Å². The lowest BCUT2D eigenvalue weighted by molar-refractivity contribution is 0.0725. The van der Waals surface area contributed by atoms with Gasteiger partial charge in [-0.2, -0.15) is 0 Å². The van der Waals surface area contributed by atoms with Gasteiger partial charge in [-0.3, -0.25) is 4.79 Å². The van der Waals surface area contributed by atoms with Gasteiger partial charge in [-0.1, -0.05) is 41.9 Å². The van der Waals surface area contributed by atoms with E-state index in [1.54, 1.807) is 50.2 Å². The van der Waals surface area contributed by atoms with Crippen molar-refractivity contribution >= 4 is 33.2 Å². The highest BCUT2D eigenvalue weighted by molar-refractivity contribution is 7.90. The molecule has 1 aromatic heterocycles. The molecule has 0 N–H and O–H groups in total. The van der Waals surface area contributed by atoms with Gasteiger partial charge in [-0.05, 0) is 49.6 Å². The Labute approximate surface area is 185 Å². The van der Waals surface area contributed by atoms with Gasteiger partial charge in [-0.25, -0.2) is 23.2 Å². The minimum Gasteiger partial charge on any atom is -0.421 e. The van der Waals surface area contributed by atoms with Gasteiger partial charge < -0.3 is 4.74 Å². The minimum absolute atomic E-state index is 0.0384. The maximum Gasteiger partial charge on any atom is 0.364 e. The van der Waals surface area contributed by atoms with Gasteiger partial charge >= 0.3 is 5.97 Å². The summed E-state index contributed by atoms with van der Waals surface area (Å²) < 4.78 is 31.0. The number of carbonyl (C=O) groups excluding carboxylic acids is 2. The molecule has 9 heteroatoms. The lowest BCUT2D eigenvalue weighted by atomic mass is 10.1. The standard InChI is InChI=1S/C22H19ClN2O5S/c1-13-8-9-17(15(3)26)19(10-13)30-21(27)20-18(23)11-24-22(25-20)31(28,29)12-16-7-5-4-6-14(16)2/h4-11H,12H2,1-3H3. The molecule has 0 bridgehead atoms. The summed E-state index contributed by atoms with van der Waals surface area (Å²) in [6.07, 6.45) is 1.04. The maximum absolute atomic E-state index is 12.8. The lowest BCUT2D eigenvalue weighted by Gasteiger charge is -2.11. The monoisotopic (exact) mass is 458 g/mol. The molecule has 31 heavy (non-hydrogen) atoms. The topological polar surface area (TPSA) is 103 Å². The number of carbonyl (C=O) groups is 2. The van der Waals surface area contributed by atoms with E-state index in [-0.39, 0.29) is 27.9 Å². The molecular weight excluding hydrogens is 440 g/mol. The molecule has 160 valence electrons. The molecule has 7 nitrogen and oxygen atoms in total. The number of ketones is 1. The normalized spacial score (nSPS) is 11.2. The third-order valence-corrected chi connectivity index (χ3v) is 6.24. The van der Waals surface area contributed by atoms with E-state index in [0.717, 1.165) is 17.3 Å². The summed E-state index contributed by atoms with van der Waals surface area (Å²) >= 11 is 6.04. The average Bonchev–Trinajstić information content (AvgIpc) is 2.69. The first-order valence-corrected chi connectivity index (χ1v) is 11.2. The van der Waals surface area contributed by atoms with E-state index in [2.05, 4.69) is 9.97 Å². The molecule has 1 heterocycles. The van der Waals surface area contributed by atoms with Crippen LogP contribution in [0.3, 0.4) is 0 Å². The van der Waals surface area contributed by atoms with Gasteiger partial charge in [0.15, 0.2) is 11.5 Å². The highest BCUT2D eigenvalue weighted by atomic mass is 35.5. The Balaban J connectivity index is 1.94. The number of nitrogens with zero attached hydrogens (tertiary/aromatic N) is 2. The first kappa shape index (κ1) is 22.6. The van der Waals surface area contributed by atoms with E-state index in [1.165, 1.54) is 13.0 Å². The van der Waals surface area contributed by atoms with E-state index >= 15 is 0 Å². The van der Waals surface area contributed by atoms with Gasteiger partial charge in [0.2, 0.25) is 15.0 Å². The smallest absolute Gasteiger partial charge is 0.364 e. The summed E-state index contributed by atoms with van der Waals surface area (Å²) in [7, 11) is -3.95. The predicted molar refractivity (Wildman–Crippen MR) is 115 cm³/mol. The number of aromatic nitrogens is 2. The molecule has 0 saturated heterocycles. The number of ether oxygens (including phenoxy) is 1. The molecular formula is C22H19ClN2O5S. The van der Waals surface area contributed by atoms with Gasteiger partial charge in [0.25, 0.3) is 0 Å². The van der Waals surface area contributed by atoms with Crippen LogP contribution in [0.5, 0.6) is 5.75 Å². The van der Waals surface area contributed by atoms with Crippen molar-refractivity contribution in [3.05, 3.63) is 81.6 Å². The molecule has 3 aromatic rings. The average molecular weight is 459 g/mol. The third-order valence-electron chi connectivity index (χ3n) is 4.52. The fourth-order valence-corrected chi connectivity index (χ4v) is 4.31. The van der Waals surface area contributed by atoms with Crippen LogP contribution in [0.2, 0.25) is 5.02 Å². The molecule has 0 unspecified atom stereocenters. The summed E-state index contributed by atoms with van der Waals surface area (Å²) in [5.74, 6) is -1.58. The summed E-state index contributed by atoms with van der Waals surface area (Å²) in [6.45, 7) is 4.91. The molecule has 0 amide bonds. The Bertz CT molecular complexity index is 1290. The molecule has 0 saturated carbocycles. The van der Waals surface area contributed by atoms with Crippen molar-refractivity contribution in [2.24, 2.45) is 0 Å². The van der Waals surface area contributed by atoms with Gasteiger partial charge in [-0.15, -0.1) is 0 Å². The van der Waals surface area contributed by atoms with Crippen molar-refractivity contribution in [1.82, 2.24) is 9.97 Å². The van der Waals surface area contributed by atoms with Gasteiger partial charge in [0.1, 0.15) is 5.75 Å². The first-order valence-electron chi connectivity index (χ1n) is 9.22. The predicted octanol–water partition coefficient (Wildman–Crippen LogP) is 4.14. The van der Waals surface area contributed by atoms with Crippen LogP contribution < -0.4 is 4.74 Å². The number of benzene rings is 2. The van der Waals surface area contributed by atoms with Crippen molar-refractivity contribution in [3.8, 4) is 5.75 Å². The number of aryl methyl sites for hydroxylation is 2. The van der Waals surface area contributed by atoms with Crippen LogP contribution in [-0.4, -0.2) is 30.1 Å². The van der Waals surface area contributed by atoms with E-state index in [4.69, 9.17) is 16.3 Å².